The number of hydrogen-bond donors (Lipinski definition) is 2. The van der Waals surface area contributed by atoms with Crippen LogP contribution in [-0.2, 0) is 4.79 Å². The number of amides is 2. The lowest BCUT2D eigenvalue weighted by molar-refractivity contribution is -0.120. The lowest BCUT2D eigenvalue weighted by atomic mass is 10.1. The molecule has 29 heavy (non-hydrogen) atoms. The largest absolute Gasteiger partial charge is 0.353 e. The molecule has 146 valence electrons. The lowest BCUT2D eigenvalue weighted by Crippen LogP contribution is -2.48. The summed E-state index contributed by atoms with van der Waals surface area (Å²) in [5, 5.41) is 5.70. The molecule has 2 aromatic heterocycles. The molecule has 4 rings (SSSR count). The number of rotatable bonds is 4. The van der Waals surface area contributed by atoms with Gasteiger partial charge in [-0.05, 0) is 65.1 Å². The van der Waals surface area contributed by atoms with Crippen molar-refractivity contribution in [2.45, 2.75) is 0 Å². The molecule has 0 radical (unpaired) electrons. The fourth-order valence-electron chi connectivity index (χ4n) is 3.07. The van der Waals surface area contributed by atoms with Crippen LogP contribution in [0.25, 0.3) is 11.3 Å². The molecular weight excluding hydrogens is 481 g/mol. The van der Waals surface area contributed by atoms with Gasteiger partial charge in [0.2, 0.25) is 5.91 Å². The first-order chi connectivity index (χ1) is 14.1. The number of halogens is 1. The topological polar surface area (TPSA) is 87.2 Å². The number of pyridine rings is 2. The second-order valence-electron chi connectivity index (χ2n) is 6.54. The van der Waals surface area contributed by atoms with Gasteiger partial charge in [0.25, 0.3) is 5.91 Å². The van der Waals surface area contributed by atoms with E-state index in [2.05, 4.69) is 43.2 Å². The molecule has 3 heterocycles. The van der Waals surface area contributed by atoms with Crippen LogP contribution in [0.15, 0.2) is 60.9 Å². The number of piperazine rings is 1. The van der Waals surface area contributed by atoms with E-state index < -0.39 is 0 Å². The van der Waals surface area contributed by atoms with Crippen molar-refractivity contribution in [3.05, 3.63) is 70.1 Å². The molecule has 0 unspecified atom stereocenters. The average molecular weight is 499 g/mol. The summed E-state index contributed by atoms with van der Waals surface area (Å²) >= 11 is 2.26. The molecule has 0 spiro atoms. The number of nitrogens with one attached hydrogen (secondary N) is 2. The van der Waals surface area contributed by atoms with Crippen LogP contribution in [-0.4, -0.2) is 41.4 Å². The van der Waals surface area contributed by atoms with Crippen LogP contribution >= 0.6 is 22.6 Å². The summed E-state index contributed by atoms with van der Waals surface area (Å²) in [4.78, 5) is 34.8. The molecule has 0 aliphatic carbocycles. The van der Waals surface area contributed by atoms with Crippen LogP contribution in [0.2, 0.25) is 0 Å². The van der Waals surface area contributed by atoms with Crippen LogP contribution in [0.3, 0.4) is 0 Å². The number of nitrogens with zero attached hydrogens (tertiary/aromatic N) is 3. The van der Waals surface area contributed by atoms with Crippen molar-refractivity contribution in [1.29, 1.82) is 0 Å². The number of carbonyl (C=O) groups is 2. The summed E-state index contributed by atoms with van der Waals surface area (Å²) in [5.74, 6) is 0.416. The molecule has 2 N–H and O–H groups in total. The number of carbonyl (C=O) groups excluding carboxylic acids is 2. The van der Waals surface area contributed by atoms with Gasteiger partial charge in [0, 0.05) is 40.3 Å². The zero-order valence-electron chi connectivity index (χ0n) is 15.4. The highest BCUT2D eigenvalue weighted by molar-refractivity contribution is 14.1. The predicted octanol–water partition coefficient (Wildman–Crippen LogP) is 2.94. The molecule has 0 atom stereocenters. The van der Waals surface area contributed by atoms with E-state index in [0.29, 0.717) is 30.2 Å². The molecule has 0 saturated carbocycles. The van der Waals surface area contributed by atoms with Gasteiger partial charge in [0.1, 0.15) is 5.82 Å². The van der Waals surface area contributed by atoms with Crippen LogP contribution in [0, 0.1) is 3.57 Å². The van der Waals surface area contributed by atoms with Gasteiger partial charge in [-0.15, -0.1) is 0 Å². The summed E-state index contributed by atoms with van der Waals surface area (Å²) in [6.45, 7) is 1.56. The maximum absolute atomic E-state index is 12.6. The van der Waals surface area contributed by atoms with E-state index in [0.717, 1.165) is 14.8 Å². The minimum atomic E-state index is -0.242. The van der Waals surface area contributed by atoms with Gasteiger partial charge in [-0.2, -0.15) is 0 Å². The van der Waals surface area contributed by atoms with Gasteiger partial charge >= 0.3 is 0 Å². The first-order valence-corrected chi connectivity index (χ1v) is 10.2. The Bertz CT molecular complexity index is 1040. The molecule has 8 heteroatoms. The van der Waals surface area contributed by atoms with Gasteiger partial charge < -0.3 is 15.5 Å². The fourth-order valence-corrected chi connectivity index (χ4v) is 3.68. The highest BCUT2D eigenvalue weighted by atomic mass is 127. The Morgan fingerprint density at radius 3 is 2.76 bits per heavy atom. The third kappa shape index (κ3) is 4.53. The van der Waals surface area contributed by atoms with E-state index in [1.807, 2.05) is 41.3 Å². The van der Waals surface area contributed by atoms with Crippen LogP contribution in [0.5, 0.6) is 0 Å². The third-order valence-corrected chi connectivity index (χ3v) is 5.48. The molecule has 1 aromatic carbocycles. The van der Waals surface area contributed by atoms with Gasteiger partial charge in [0.05, 0.1) is 17.8 Å². The maximum Gasteiger partial charge on any atom is 0.257 e. The Morgan fingerprint density at radius 1 is 1.14 bits per heavy atom. The number of aromatic nitrogens is 2. The molecule has 7 nitrogen and oxygen atoms in total. The zero-order chi connectivity index (χ0) is 20.2. The normalized spacial score (nSPS) is 13.7. The van der Waals surface area contributed by atoms with E-state index in [9.17, 15) is 9.59 Å². The molecular formula is C21H18IN5O2. The molecule has 1 aliphatic rings. The van der Waals surface area contributed by atoms with Crippen LogP contribution in [0.4, 0.5) is 11.5 Å². The smallest absolute Gasteiger partial charge is 0.257 e. The van der Waals surface area contributed by atoms with E-state index in [-0.39, 0.29) is 18.4 Å². The second kappa shape index (κ2) is 8.56. The van der Waals surface area contributed by atoms with Crippen molar-refractivity contribution in [3.63, 3.8) is 0 Å². The van der Waals surface area contributed by atoms with Crippen LogP contribution in [0.1, 0.15) is 10.4 Å². The van der Waals surface area contributed by atoms with Crippen molar-refractivity contribution >= 4 is 45.9 Å². The van der Waals surface area contributed by atoms with E-state index in [4.69, 9.17) is 0 Å². The van der Waals surface area contributed by atoms with Gasteiger partial charge in [-0.1, -0.05) is 6.07 Å². The third-order valence-electron chi connectivity index (χ3n) is 4.54. The predicted molar refractivity (Wildman–Crippen MR) is 120 cm³/mol. The van der Waals surface area contributed by atoms with Crippen LogP contribution < -0.4 is 15.5 Å². The molecule has 0 bridgehead atoms. The SMILES string of the molecule is O=C1CN(c2ccc(C(=O)Nc3ccc(I)c(-c4ccccn4)c3)cn2)CCN1. The monoisotopic (exact) mass is 499 g/mol. The van der Waals surface area contributed by atoms with E-state index >= 15 is 0 Å². The first-order valence-electron chi connectivity index (χ1n) is 9.10. The Hall–Kier alpha value is -3.01. The summed E-state index contributed by atoms with van der Waals surface area (Å²) in [7, 11) is 0. The summed E-state index contributed by atoms with van der Waals surface area (Å²) in [6.07, 6.45) is 3.28. The average Bonchev–Trinajstić information content (AvgIpc) is 2.76. The van der Waals surface area contributed by atoms with E-state index in [1.54, 1.807) is 18.3 Å². The Labute approximate surface area is 181 Å². The van der Waals surface area contributed by atoms with Gasteiger partial charge in [-0.3, -0.25) is 14.6 Å². The molecule has 3 aromatic rings. The Morgan fingerprint density at radius 2 is 2.03 bits per heavy atom. The number of anilines is 2. The second-order valence-corrected chi connectivity index (χ2v) is 7.70. The number of hydrogen-bond acceptors (Lipinski definition) is 5. The molecule has 2 amide bonds. The summed E-state index contributed by atoms with van der Waals surface area (Å²) in [6, 6.07) is 14.9. The lowest BCUT2D eigenvalue weighted by Gasteiger charge is -2.27. The highest BCUT2D eigenvalue weighted by Gasteiger charge is 2.18. The zero-order valence-corrected chi connectivity index (χ0v) is 17.6. The first kappa shape index (κ1) is 19.3. The maximum atomic E-state index is 12.6. The van der Waals surface area contributed by atoms with Gasteiger partial charge in [-0.25, -0.2) is 4.98 Å². The standard InChI is InChI=1S/C21H18IN5O2/c22-17-6-5-15(11-16(17)18-3-1-2-8-23-18)26-21(29)14-4-7-19(25-12-14)27-10-9-24-20(28)13-27/h1-8,11-12H,9-10,13H2,(H,24,28)(H,26,29). The molecule has 1 saturated heterocycles. The van der Waals surface area contributed by atoms with Crippen molar-refractivity contribution in [1.82, 2.24) is 15.3 Å². The van der Waals surface area contributed by atoms with Crippen molar-refractivity contribution in [2.75, 3.05) is 29.9 Å². The Balaban J connectivity index is 1.49. The summed E-state index contributed by atoms with van der Waals surface area (Å²) < 4.78 is 1.05. The quantitative estimate of drug-likeness (QED) is 0.540. The van der Waals surface area contributed by atoms with E-state index in [1.165, 1.54) is 6.20 Å². The van der Waals surface area contributed by atoms with Crippen molar-refractivity contribution in [2.24, 2.45) is 0 Å². The fraction of sp³-hybridized carbons (Fsp3) is 0.143. The number of benzene rings is 1. The molecule has 1 fully saturated rings. The molecule has 1 aliphatic heterocycles. The summed E-state index contributed by atoms with van der Waals surface area (Å²) in [5.41, 5.74) is 2.95. The van der Waals surface area contributed by atoms with Crippen molar-refractivity contribution < 1.29 is 9.59 Å². The van der Waals surface area contributed by atoms with Gasteiger partial charge in [0.15, 0.2) is 0 Å². The van der Waals surface area contributed by atoms with Crippen molar-refractivity contribution in [3.8, 4) is 11.3 Å². The minimum absolute atomic E-state index is 0.0257. The minimum Gasteiger partial charge on any atom is -0.353 e. The highest BCUT2D eigenvalue weighted by Crippen LogP contribution is 2.27. The Kier molecular flexibility index (Phi) is 5.70.